The summed E-state index contributed by atoms with van der Waals surface area (Å²) in [6.45, 7) is 4.78. The van der Waals surface area contributed by atoms with Crippen LogP contribution in [-0.2, 0) is 16.0 Å². The number of carbonyl (C=O) groups is 2. The highest BCUT2D eigenvalue weighted by Gasteiger charge is 2.27. The number of carboxylic acid groups (broad SMARTS) is 1. The summed E-state index contributed by atoms with van der Waals surface area (Å²) < 4.78 is 1.77. The Balaban J connectivity index is 1.75. The zero-order chi connectivity index (χ0) is 16.6. The Labute approximate surface area is 133 Å². The first-order valence-corrected chi connectivity index (χ1v) is 7.63. The summed E-state index contributed by atoms with van der Waals surface area (Å²) in [7, 11) is 0. The first kappa shape index (κ1) is 15.4. The van der Waals surface area contributed by atoms with Crippen LogP contribution < -0.4 is 0 Å². The van der Waals surface area contributed by atoms with Crippen LogP contribution in [0, 0.1) is 19.8 Å². The van der Waals surface area contributed by atoms with Gasteiger partial charge in [0.2, 0.25) is 5.91 Å². The van der Waals surface area contributed by atoms with Crippen LogP contribution in [0.5, 0.6) is 0 Å². The molecule has 0 unspecified atom stereocenters. The van der Waals surface area contributed by atoms with Gasteiger partial charge in [-0.3, -0.25) is 14.0 Å². The van der Waals surface area contributed by atoms with Crippen LogP contribution in [0.4, 0.5) is 0 Å². The average molecular weight is 317 g/mol. The molecule has 0 aromatic carbocycles. The van der Waals surface area contributed by atoms with Gasteiger partial charge in [0.15, 0.2) is 0 Å². The first-order chi connectivity index (χ1) is 11.0. The highest BCUT2D eigenvalue weighted by atomic mass is 16.4. The number of carboxylic acids is 1. The van der Waals surface area contributed by atoms with Crippen molar-refractivity contribution in [3.8, 4) is 0 Å². The lowest BCUT2D eigenvalue weighted by Gasteiger charge is -2.30. The highest BCUT2D eigenvalue weighted by Crippen LogP contribution is 2.20. The number of fused-ring (bicyclic) bond motifs is 1. The smallest absolute Gasteiger partial charge is 0.306 e. The average Bonchev–Trinajstić information content (AvgIpc) is 2.99. The molecule has 0 atom stereocenters. The molecule has 3 rings (SSSR count). The van der Waals surface area contributed by atoms with Crippen molar-refractivity contribution >= 4 is 17.7 Å². The van der Waals surface area contributed by atoms with Crippen LogP contribution >= 0.6 is 0 Å². The number of piperidine rings is 1. The zero-order valence-corrected chi connectivity index (χ0v) is 13.2. The standard InChI is InChI=1S/C15H19N5O3/c1-9-12(10(2)20-8-16-18-15(20)17-9)7-13(21)19-5-3-11(4-6-19)14(22)23/h8,11H,3-7H2,1-2H3,(H,22,23). The predicted octanol–water partition coefficient (Wildman–Crippen LogP) is 0.607. The topological polar surface area (TPSA) is 101 Å². The molecule has 1 N–H and O–H groups in total. The summed E-state index contributed by atoms with van der Waals surface area (Å²) in [5, 5.41) is 16.8. The molecule has 1 aliphatic heterocycles. The molecule has 1 aliphatic rings. The lowest BCUT2D eigenvalue weighted by Crippen LogP contribution is -2.41. The molecule has 0 radical (unpaired) electrons. The van der Waals surface area contributed by atoms with Gasteiger partial charge in [-0.2, -0.15) is 0 Å². The molecular formula is C15H19N5O3. The number of aliphatic carboxylic acids is 1. The van der Waals surface area contributed by atoms with Crippen LogP contribution in [0.15, 0.2) is 6.33 Å². The summed E-state index contributed by atoms with van der Waals surface area (Å²) in [4.78, 5) is 29.6. The van der Waals surface area contributed by atoms with Gasteiger partial charge in [-0.1, -0.05) is 0 Å². The van der Waals surface area contributed by atoms with Gasteiger partial charge in [-0.25, -0.2) is 4.98 Å². The number of carbonyl (C=O) groups excluding carboxylic acids is 1. The predicted molar refractivity (Wildman–Crippen MR) is 80.9 cm³/mol. The summed E-state index contributed by atoms with van der Waals surface area (Å²) in [5.74, 6) is -0.573. The maximum Gasteiger partial charge on any atom is 0.306 e. The number of amides is 1. The molecule has 0 spiro atoms. The molecule has 1 amide bonds. The van der Waals surface area contributed by atoms with E-state index in [1.165, 1.54) is 0 Å². The van der Waals surface area contributed by atoms with Crippen LogP contribution in [0.3, 0.4) is 0 Å². The van der Waals surface area contributed by atoms with Crippen molar-refractivity contribution in [1.82, 2.24) is 24.5 Å². The van der Waals surface area contributed by atoms with Gasteiger partial charge in [0.1, 0.15) is 6.33 Å². The van der Waals surface area contributed by atoms with Crippen molar-refractivity contribution in [3.63, 3.8) is 0 Å². The van der Waals surface area contributed by atoms with Crippen molar-refractivity contribution in [2.75, 3.05) is 13.1 Å². The maximum atomic E-state index is 12.5. The number of rotatable bonds is 3. The van der Waals surface area contributed by atoms with Gasteiger partial charge in [-0.15, -0.1) is 10.2 Å². The summed E-state index contributed by atoms with van der Waals surface area (Å²) in [6, 6.07) is 0. The fraction of sp³-hybridized carbons (Fsp3) is 0.533. The highest BCUT2D eigenvalue weighted by molar-refractivity contribution is 5.80. The number of hydrogen-bond acceptors (Lipinski definition) is 5. The van der Waals surface area contributed by atoms with Gasteiger partial charge in [0, 0.05) is 30.0 Å². The molecule has 3 heterocycles. The van der Waals surface area contributed by atoms with Crippen molar-refractivity contribution in [1.29, 1.82) is 0 Å². The molecule has 2 aromatic heterocycles. The van der Waals surface area contributed by atoms with E-state index in [1.807, 2.05) is 13.8 Å². The van der Waals surface area contributed by atoms with Crippen molar-refractivity contribution in [2.24, 2.45) is 5.92 Å². The number of hydrogen-bond donors (Lipinski definition) is 1. The largest absolute Gasteiger partial charge is 0.481 e. The van der Waals surface area contributed by atoms with Crippen LogP contribution in [-0.4, -0.2) is 54.6 Å². The quantitative estimate of drug-likeness (QED) is 0.890. The molecule has 1 fully saturated rings. The Kier molecular flexibility index (Phi) is 3.97. The van der Waals surface area contributed by atoms with Gasteiger partial charge < -0.3 is 10.0 Å². The van der Waals surface area contributed by atoms with Crippen molar-refractivity contribution in [3.05, 3.63) is 23.3 Å². The third-order valence-electron chi connectivity index (χ3n) is 4.56. The molecule has 0 saturated carbocycles. The molecule has 1 saturated heterocycles. The van der Waals surface area contributed by atoms with E-state index < -0.39 is 5.97 Å². The summed E-state index contributed by atoms with van der Waals surface area (Å²) in [6.07, 6.45) is 2.88. The molecule has 0 aliphatic carbocycles. The molecule has 8 nitrogen and oxygen atoms in total. The molecular weight excluding hydrogens is 298 g/mol. The minimum atomic E-state index is -0.772. The maximum absolute atomic E-state index is 12.5. The second-order valence-electron chi connectivity index (χ2n) is 5.93. The Bertz CT molecular complexity index is 762. The monoisotopic (exact) mass is 317 g/mol. The van der Waals surface area contributed by atoms with E-state index in [0.717, 1.165) is 17.0 Å². The fourth-order valence-electron chi connectivity index (χ4n) is 3.06. The SMILES string of the molecule is Cc1nc2nncn2c(C)c1CC(=O)N1CCC(C(=O)O)CC1. The van der Waals surface area contributed by atoms with Crippen LogP contribution in [0.2, 0.25) is 0 Å². The van der Waals surface area contributed by atoms with Crippen molar-refractivity contribution in [2.45, 2.75) is 33.1 Å². The van der Waals surface area contributed by atoms with E-state index >= 15 is 0 Å². The molecule has 23 heavy (non-hydrogen) atoms. The van der Waals surface area contributed by atoms with E-state index in [1.54, 1.807) is 15.6 Å². The Hall–Kier alpha value is -2.51. The Morgan fingerprint density at radius 3 is 2.65 bits per heavy atom. The van der Waals surface area contributed by atoms with E-state index in [9.17, 15) is 9.59 Å². The zero-order valence-electron chi connectivity index (χ0n) is 13.2. The minimum absolute atomic E-state index is 0.00858. The Morgan fingerprint density at radius 2 is 2.00 bits per heavy atom. The summed E-state index contributed by atoms with van der Waals surface area (Å²) in [5.41, 5.74) is 2.56. The fourth-order valence-corrected chi connectivity index (χ4v) is 3.06. The van der Waals surface area contributed by atoms with Gasteiger partial charge >= 0.3 is 5.97 Å². The lowest BCUT2D eigenvalue weighted by molar-refractivity contribution is -0.145. The number of nitrogens with zero attached hydrogens (tertiary/aromatic N) is 5. The minimum Gasteiger partial charge on any atom is -0.481 e. The molecule has 0 bridgehead atoms. The molecule has 2 aromatic rings. The van der Waals surface area contributed by atoms with Gasteiger partial charge in [0.25, 0.3) is 5.78 Å². The summed E-state index contributed by atoms with van der Waals surface area (Å²) >= 11 is 0. The number of aromatic nitrogens is 4. The third-order valence-corrected chi connectivity index (χ3v) is 4.56. The first-order valence-electron chi connectivity index (χ1n) is 7.63. The number of likely N-dealkylation sites (tertiary alicyclic amines) is 1. The second-order valence-corrected chi connectivity index (χ2v) is 5.93. The molecule has 122 valence electrons. The second kappa shape index (κ2) is 5.94. The van der Waals surface area contributed by atoms with Crippen LogP contribution in [0.1, 0.15) is 29.8 Å². The van der Waals surface area contributed by atoms with E-state index in [2.05, 4.69) is 15.2 Å². The van der Waals surface area contributed by atoms with E-state index in [4.69, 9.17) is 5.11 Å². The van der Waals surface area contributed by atoms with Gasteiger partial charge in [-0.05, 0) is 26.7 Å². The van der Waals surface area contributed by atoms with E-state index in [-0.39, 0.29) is 18.2 Å². The number of aryl methyl sites for hydroxylation is 2. The van der Waals surface area contributed by atoms with Crippen molar-refractivity contribution < 1.29 is 14.7 Å². The molecule has 8 heteroatoms. The van der Waals surface area contributed by atoms with Gasteiger partial charge in [0.05, 0.1) is 12.3 Å². The van der Waals surface area contributed by atoms with Crippen LogP contribution in [0.25, 0.3) is 5.78 Å². The lowest BCUT2D eigenvalue weighted by atomic mass is 9.96. The van der Waals surface area contributed by atoms with E-state index in [0.29, 0.717) is 31.7 Å². The third kappa shape index (κ3) is 2.88. The normalized spacial score (nSPS) is 16.0. The Morgan fingerprint density at radius 1 is 1.30 bits per heavy atom.